The quantitative estimate of drug-likeness (QED) is 0.369. The number of amidine groups is 1. The van der Waals surface area contributed by atoms with Gasteiger partial charge in [-0.1, -0.05) is 22.8 Å². The van der Waals surface area contributed by atoms with E-state index in [2.05, 4.69) is 21.1 Å². The number of nitrogens with two attached hydrogens (primary N) is 1. The van der Waals surface area contributed by atoms with Crippen LogP contribution >= 0.6 is 27.5 Å². The van der Waals surface area contributed by atoms with Crippen LogP contribution in [0.1, 0.15) is 11.1 Å². The maximum Gasteiger partial charge on any atom is 0.170 e. The van der Waals surface area contributed by atoms with E-state index in [1.165, 1.54) is 18.2 Å². The number of halogens is 3. The Morgan fingerprint density at radius 3 is 2.76 bits per heavy atom. The highest BCUT2D eigenvalue weighted by atomic mass is 79.9. The van der Waals surface area contributed by atoms with E-state index < -0.39 is 5.82 Å². The molecule has 0 bridgehead atoms. The number of benzene rings is 2. The molecule has 0 aliphatic heterocycles. The molecule has 4 nitrogen and oxygen atoms in total. The van der Waals surface area contributed by atoms with E-state index in [1.807, 2.05) is 0 Å². The number of ether oxygens (including phenoxy) is 1. The molecule has 0 aliphatic carbocycles. The number of oxime groups is 1. The maximum atomic E-state index is 13.3. The van der Waals surface area contributed by atoms with Crippen LogP contribution in [-0.2, 0) is 6.61 Å². The molecule has 2 aromatic carbocycles. The fraction of sp³-hybridized carbons (Fsp3) is 0.0714. The Morgan fingerprint density at radius 2 is 2.10 bits per heavy atom. The van der Waals surface area contributed by atoms with Crippen molar-refractivity contribution in [2.45, 2.75) is 6.61 Å². The van der Waals surface area contributed by atoms with Gasteiger partial charge in [-0.15, -0.1) is 0 Å². The first kappa shape index (κ1) is 15.6. The van der Waals surface area contributed by atoms with Crippen LogP contribution < -0.4 is 10.5 Å². The molecule has 3 N–H and O–H groups in total. The summed E-state index contributed by atoms with van der Waals surface area (Å²) < 4.78 is 19.6. The standard InChI is InChI=1S/C14H11BrClFN2O2/c15-12-5-9(16)2-4-13(12)21-7-8-1-3-10(17)6-11(8)14(18)19-20/h1-6,20H,7H2,(H2,18,19). The fourth-order valence-corrected chi connectivity index (χ4v) is 2.51. The van der Waals surface area contributed by atoms with Crippen LogP contribution in [0.5, 0.6) is 5.75 Å². The topological polar surface area (TPSA) is 67.8 Å². The molecule has 0 atom stereocenters. The highest BCUT2D eigenvalue weighted by Gasteiger charge is 2.10. The number of nitrogens with zero attached hydrogens (tertiary/aromatic N) is 1. The Hall–Kier alpha value is -1.79. The molecule has 0 radical (unpaired) electrons. The molecule has 21 heavy (non-hydrogen) atoms. The highest BCUT2D eigenvalue weighted by molar-refractivity contribution is 9.10. The Balaban J connectivity index is 2.24. The largest absolute Gasteiger partial charge is 0.488 e. The number of hydrogen-bond donors (Lipinski definition) is 2. The lowest BCUT2D eigenvalue weighted by Gasteiger charge is -2.11. The normalized spacial score (nSPS) is 11.5. The second-order valence-corrected chi connectivity index (χ2v) is 5.44. The van der Waals surface area contributed by atoms with Crippen LogP contribution in [0.3, 0.4) is 0 Å². The van der Waals surface area contributed by atoms with E-state index in [0.717, 1.165) is 0 Å². The summed E-state index contributed by atoms with van der Waals surface area (Å²) in [4.78, 5) is 0. The molecule has 0 saturated heterocycles. The van der Waals surface area contributed by atoms with E-state index in [4.69, 9.17) is 27.3 Å². The first-order chi connectivity index (χ1) is 10.0. The van der Waals surface area contributed by atoms with Crippen LogP contribution in [0.25, 0.3) is 0 Å². The van der Waals surface area contributed by atoms with Crippen LogP contribution in [0.15, 0.2) is 46.0 Å². The van der Waals surface area contributed by atoms with Gasteiger partial charge in [0, 0.05) is 16.1 Å². The van der Waals surface area contributed by atoms with Crippen molar-refractivity contribution >= 4 is 33.4 Å². The molecule has 2 aromatic rings. The van der Waals surface area contributed by atoms with Gasteiger partial charge < -0.3 is 15.7 Å². The molecule has 0 unspecified atom stereocenters. The van der Waals surface area contributed by atoms with Crippen molar-refractivity contribution < 1.29 is 14.3 Å². The van der Waals surface area contributed by atoms with Crippen molar-refractivity contribution in [3.8, 4) is 5.75 Å². The molecule has 0 aromatic heterocycles. The number of rotatable bonds is 4. The lowest BCUT2D eigenvalue weighted by molar-refractivity contribution is 0.303. The smallest absolute Gasteiger partial charge is 0.170 e. The van der Waals surface area contributed by atoms with E-state index >= 15 is 0 Å². The second kappa shape index (κ2) is 6.78. The minimum atomic E-state index is -0.479. The second-order valence-electron chi connectivity index (χ2n) is 4.15. The lowest BCUT2D eigenvalue weighted by Crippen LogP contribution is -2.17. The molecular weight excluding hydrogens is 363 g/mol. The zero-order chi connectivity index (χ0) is 15.4. The summed E-state index contributed by atoms with van der Waals surface area (Å²) in [6, 6.07) is 9.09. The highest BCUT2D eigenvalue weighted by Crippen LogP contribution is 2.29. The van der Waals surface area contributed by atoms with Crippen molar-refractivity contribution in [2.24, 2.45) is 10.9 Å². The van der Waals surface area contributed by atoms with Crippen LogP contribution in [0.2, 0.25) is 5.02 Å². The zero-order valence-electron chi connectivity index (χ0n) is 10.7. The SMILES string of the molecule is NC(=NO)c1cc(F)ccc1COc1ccc(Cl)cc1Br. The van der Waals surface area contributed by atoms with Gasteiger partial charge >= 0.3 is 0 Å². The molecular formula is C14H11BrClFN2O2. The van der Waals surface area contributed by atoms with Gasteiger partial charge in [-0.3, -0.25) is 0 Å². The minimum absolute atomic E-state index is 0.131. The van der Waals surface area contributed by atoms with Gasteiger partial charge in [0.2, 0.25) is 0 Å². The molecule has 110 valence electrons. The van der Waals surface area contributed by atoms with Gasteiger partial charge in [0.25, 0.3) is 0 Å². The third kappa shape index (κ3) is 3.86. The van der Waals surface area contributed by atoms with E-state index in [9.17, 15) is 4.39 Å². The molecule has 0 amide bonds. The summed E-state index contributed by atoms with van der Waals surface area (Å²) in [7, 11) is 0. The molecule has 0 aliphatic rings. The number of hydrogen-bond acceptors (Lipinski definition) is 3. The Morgan fingerprint density at radius 1 is 1.33 bits per heavy atom. The van der Waals surface area contributed by atoms with E-state index in [-0.39, 0.29) is 18.0 Å². The average Bonchev–Trinajstić information content (AvgIpc) is 2.46. The summed E-state index contributed by atoms with van der Waals surface area (Å²) >= 11 is 9.19. The van der Waals surface area contributed by atoms with Crippen molar-refractivity contribution in [3.63, 3.8) is 0 Å². The molecule has 0 heterocycles. The monoisotopic (exact) mass is 372 g/mol. The minimum Gasteiger partial charge on any atom is -0.488 e. The summed E-state index contributed by atoms with van der Waals surface area (Å²) in [6.07, 6.45) is 0. The summed E-state index contributed by atoms with van der Waals surface area (Å²) in [6.45, 7) is 0.131. The predicted molar refractivity (Wildman–Crippen MR) is 82.4 cm³/mol. The molecule has 0 spiro atoms. The van der Waals surface area contributed by atoms with Crippen molar-refractivity contribution in [1.82, 2.24) is 0 Å². The van der Waals surface area contributed by atoms with Crippen molar-refractivity contribution in [2.75, 3.05) is 0 Å². The Bertz CT molecular complexity index is 695. The van der Waals surface area contributed by atoms with Gasteiger partial charge in [0.05, 0.1) is 4.47 Å². The van der Waals surface area contributed by atoms with E-state index in [0.29, 0.717) is 20.8 Å². The Labute approximate surface area is 134 Å². The van der Waals surface area contributed by atoms with Crippen LogP contribution in [0.4, 0.5) is 4.39 Å². The summed E-state index contributed by atoms with van der Waals surface area (Å²) in [5, 5.41) is 12.2. The fourth-order valence-electron chi connectivity index (χ4n) is 1.71. The predicted octanol–water partition coefficient (Wildman–Crippen LogP) is 3.92. The van der Waals surface area contributed by atoms with Gasteiger partial charge in [-0.2, -0.15) is 0 Å². The third-order valence-corrected chi connectivity index (χ3v) is 3.59. The summed E-state index contributed by atoms with van der Waals surface area (Å²) in [5.74, 6) is -0.0783. The maximum absolute atomic E-state index is 13.3. The zero-order valence-corrected chi connectivity index (χ0v) is 13.0. The van der Waals surface area contributed by atoms with Crippen molar-refractivity contribution in [3.05, 3.63) is 62.8 Å². The van der Waals surface area contributed by atoms with Crippen LogP contribution in [0, 0.1) is 5.82 Å². The summed E-state index contributed by atoms with van der Waals surface area (Å²) in [5.41, 5.74) is 6.41. The van der Waals surface area contributed by atoms with E-state index in [1.54, 1.807) is 18.2 Å². The van der Waals surface area contributed by atoms with Crippen LogP contribution in [-0.4, -0.2) is 11.0 Å². The molecule has 7 heteroatoms. The third-order valence-electron chi connectivity index (χ3n) is 2.73. The van der Waals surface area contributed by atoms with Gasteiger partial charge in [0.1, 0.15) is 18.2 Å². The van der Waals surface area contributed by atoms with Gasteiger partial charge in [-0.25, -0.2) is 4.39 Å². The molecule has 0 saturated carbocycles. The lowest BCUT2D eigenvalue weighted by atomic mass is 10.1. The first-order valence-electron chi connectivity index (χ1n) is 5.85. The molecule has 2 rings (SSSR count). The van der Waals surface area contributed by atoms with Crippen molar-refractivity contribution in [1.29, 1.82) is 0 Å². The van der Waals surface area contributed by atoms with Gasteiger partial charge in [-0.05, 0) is 46.3 Å². The first-order valence-corrected chi connectivity index (χ1v) is 7.02. The average molecular weight is 374 g/mol. The Kier molecular flexibility index (Phi) is 5.03. The van der Waals surface area contributed by atoms with Gasteiger partial charge in [0.15, 0.2) is 5.84 Å². The molecule has 0 fully saturated rings.